The minimum atomic E-state index is 1.14. The Kier molecular flexibility index (Phi) is 6.41. The lowest BCUT2D eigenvalue weighted by molar-refractivity contribution is 1.15. The second kappa shape index (κ2) is 11.8. The number of hydrogen-bond donors (Lipinski definition) is 0. The van der Waals surface area contributed by atoms with Crippen LogP contribution in [0.3, 0.4) is 0 Å². The molecule has 4 nitrogen and oxygen atoms in total. The van der Waals surface area contributed by atoms with Crippen LogP contribution in [0, 0.1) is 0 Å². The Morgan fingerprint density at radius 1 is 0.190 bits per heavy atom. The van der Waals surface area contributed by atoms with Gasteiger partial charge in [0.2, 0.25) is 0 Å². The first-order chi connectivity index (χ1) is 28.8. The van der Waals surface area contributed by atoms with Crippen LogP contribution in [0.5, 0.6) is 0 Å². The van der Waals surface area contributed by atoms with Crippen LogP contribution in [-0.4, -0.2) is 18.3 Å². The third kappa shape index (κ3) is 4.23. The van der Waals surface area contributed by atoms with Crippen molar-refractivity contribution in [3.05, 3.63) is 206 Å². The van der Waals surface area contributed by atoms with Crippen LogP contribution in [0.4, 0.5) is 0 Å². The van der Waals surface area contributed by atoms with Crippen LogP contribution in [-0.2, 0) is 0 Å². The summed E-state index contributed by atoms with van der Waals surface area (Å²) in [5, 5.41) is 9.90. The van der Waals surface area contributed by atoms with E-state index in [1.54, 1.807) is 0 Å². The van der Waals surface area contributed by atoms with Crippen molar-refractivity contribution in [1.29, 1.82) is 0 Å². The molecule has 0 aliphatic rings. The van der Waals surface area contributed by atoms with E-state index in [0.29, 0.717) is 0 Å². The molecule has 9 aromatic carbocycles. The smallest absolute Gasteiger partial charge is 0.0788 e. The molecule has 0 saturated heterocycles. The highest BCUT2D eigenvalue weighted by molar-refractivity contribution is 6.24. The summed E-state index contributed by atoms with van der Waals surface area (Å²) < 4.78 is 9.80. The third-order valence-corrected chi connectivity index (χ3v) is 12.3. The molecule has 0 amide bonds. The van der Waals surface area contributed by atoms with E-state index < -0.39 is 0 Å². The zero-order chi connectivity index (χ0) is 37.9. The van der Waals surface area contributed by atoms with Crippen LogP contribution in [0.15, 0.2) is 206 Å². The minimum Gasteiger partial charge on any atom is -0.309 e. The summed E-state index contributed by atoms with van der Waals surface area (Å²) >= 11 is 0. The van der Waals surface area contributed by atoms with Crippen LogP contribution in [0.25, 0.3) is 110 Å². The van der Waals surface area contributed by atoms with Crippen molar-refractivity contribution in [2.75, 3.05) is 0 Å². The number of para-hydroxylation sites is 6. The summed E-state index contributed by atoms with van der Waals surface area (Å²) in [6.45, 7) is 0. The Morgan fingerprint density at radius 2 is 0.500 bits per heavy atom. The molecule has 58 heavy (non-hydrogen) atoms. The monoisotopic (exact) mass is 738 g/mol. The van der Waals surface area contributed by atoms with Gasteiger partial charge in [0, 0.05) is 65.8 Å². The Balaban J connectivity index is 1.15. The van der Waals surface area contributed by atoms with E-state index in [0.717, 1.165) is 22.7 Å². The van der Waals surface area contributed by atoms with E-state index in [1.807, 2.05) is 0 Å². The normalized spacial score (nSPS) is 12.1. The van der Waals surface area contributed by atoms with Crippen molar-refractivity contribution in [3.8, 4) is 22.7 Å². The summed E-state index contributed by atoms with van der Waals surface area (Å²) in [5.41, 5.74) is 14.2. The van der Waals surface area contributed by atoms with E-state index >= 15 is 0 Å². The molecule has 0 fully saturated rings. The Morgan fingerprint density at radius 3 is 0.897 bits per heavy atom. The molecule has 0 N–H and O–H groups in total. The molecule has 0 radical (unpaired) electrons. The SMILES string of the molecule is c1ccc(-n2c3ccccc3c3cc(-n4c5ccccc5c5ccc6c7ccccc7n(-c7ccc8c(c7)c7ccccc7n8-c7ccccc7)c6c54)ccc32)cc1. The van der Waals surface area contributed by atoms with Gasteiger partial charge in [0.25, 0.3) is 0 Å². The van der Waals surface area contributed by atoms with Crippen molar-refractivity contribution >= 4 is 87.2 Å². The van der Waals surface area contributed by atoms with Gasteiger partial charge in [-0.15, -0.1) is 0 Å². The lowest BCUT2D eigenvalue weighted by atomic mass is 10.1. The maximum atomic E-state index is 2.51. The number of hydrogen-bond acceptors (Lipinski definition) is 0. The van der Waals surface area contributed by atoms with Crippen molar-refractivity contribution in [3.63, 3.8) is 0 Å². The quantitative estimate of drug-likeness (QED) is 0.171. The molecule has 0 unspecified atom stereocenters. The fraction of sp³-hybridized carbons (Fsp3) is 0. The van der Waals surface area contributed by atoms with Crippen molar-refractivity contribution < 1.29 is 0 Å². The predicted molar refractivity (Wildman–Crippen MR) is 244 cm³/mol. The van der Waals surface area contributed by atoms with Gasteiger partial charge in [0.1, 0.15) is 0 Å². The topological polar surface area (TPSA) is 19.7 Å². The van der Waals surface area contributed by atoms with Crippen LogP contribution in [0.2, 0.25) is 0 Å². The van der Waals surface area contributed by atoms with E-state index in [1.165, 1.54) is 87.2 Å². The van der Waals surface area contributed by atoms with Gasteiger partial charge < -0.3 is 18.3 Å². The van der Waals surface area contributed by atoms with Gasteiger partial charge >= 0.3 is 0 Å². The molecule has 13 aromatic rings. The van der Waals surface area contributed by atoms with E-state index in [-0.39, 0.29) is 0 Å². The van der Waals surface area contributed by atoms with Gasteiger partial charge in [-0.2, -0.15) is 0 Å². The highest BCUT2D eigenvalue weighted by Gasteiger charge is 2.23. The number of benzene rings is 9. The second-order valence-corrected chi connectivity index (χ2v) is 15.3. The van der Waals surface area contributed by atoms with Gasteiger partial charge in [-0.1, -0.05) is 121 Å². The molecule has 4 heteroatoms. The standard InChI is InChI=1S/C54H34N4/c1-3-15-35(16-4-1)55-47-23-11-9-21-41(47)45-33-37(27-31-51(45)55)57-49-25-13-7-19-39(49)43-29-30-44-40-20-8-14-26-50(40)58(54(44)53(43)57)38-28-32-52-46(34-38)42-22-10-12-24-48(42)56(52)36-17-5-2-6-18-36/h1-34H. The van der Waals surface area contributed by atoms with Gasteiger partial charge in [0.05, 0.1) is 44.1 Å². The van der Waals surface area contributed by atoms with Crippen LogP contribution in [0.1, 0.15) is 0 Å². The lowest BCUT2D eigenvalue weighted by Crippen LogP contribution is -1.99. The molecule has 0 saturated carbocycles. The second-order valence-electron chi connectivity index (χ2n) is 15.3. The van der Waals surface area contributed by atoms with Crippen molar-refractivity contribution in [2.24, 2.45) is 0 Å². The Labute approximate surface area is 333 Å². The molecule has 4 heterocycles. The molecule has 270 valence electrons. The Bertz CT molecular complexity index is 3530. The number of aromatic nitrogens is 4. The highest BCUT2D eigenvalue weighted by Crippen LogP contribution is 2.44. The maximum Gasteiger partial charge on any atom is 0.0788 e. The molecule has 0 aliphatic heterocycles. The van der Waals surface area contributed by atoms with E-state index in [2.05, 4.69) is 225 Å². The predicted octanol–water partition coefficient (Wildman–Crippen LogP) is 14.1. The third-order valence-electron chi connectivity index (χ3n) is 12.3. The molecule has 0 spiro atoms. The first-order valence-electron chi connectivity index (χ1n) is 20.0. The molecule has 0 atom stereocenters. The Hall–Kier alpha value is -7.82. The first kappa shape index (κ1) is 31.4. The number of fused-ring (bicyclic) bond motifs is 13. The maximum absolute atomic E-state index is 2.51. The zero-order valence-electron chi connectivity index (χ0n) is 31.4. The largest absolute Gasteiger partial charge is 0.309 e. The molecular formula is C54H34N4. The van der Waals surface area contributed by atoms with Crippen LogP contribution >= 0.6 is 0 Å². The van der Waals surface area contributed by atoms with E-state index in [9.17, 15) is 0 Å². The molecule has 0 aliphatic carbocycles. The average molecular weight is 739 g/mol. The summed E-state index contributed by atoms with van der Waals surface area (Å²) in [7, 11) is 0. The minimum absolute atomic E-state index is 1.14. The van der Waals surface area contributed by atoms with Crippen molar-refractivity contribution in [1.82, 2.24) is 18.3 Å². The summed E-state index contributed by atoms with van der Waals surface area (Å²) in [5.74, 6) is 0. The highest BCUT2D eigenvalue weighted by atomic mass is 15.1. The fourth-order valence-corrected chi connectivity index (χ4v) is 9.95. The summed E-state index contributed by atoms with van der Waals surface area (Å²) in [4.78, 5) is 0. The number of nitrogens with zero attached hydrogens (tertiary/aromatic N) is 4. The molecule has 4 aromatic heterocycles. The summed E-state index contributed by atoms with van der Waals surface area (Å²) in [6.07, 6.45) is 0. The number of rotatable bonds is 4. The molecular weight excluding hydrogens is 705 g/mol. The molecule has 0 bridgehead atoms. The van der Waals surface area contributed by atoms with Gasteiger partial charge in [-0.3, -0.25) is 0 Å². The zero-order valence-corrected chi connectivity index (χ0v) is 31.4. The van der Waals surface area contributed by atoms with Gasteiger partial charge in [-0.05, 0) is 84.9 Å². The average Bonchev–Trinajstić information content (AvgIpc) is 4.01. The first-order valence-corrected chi connectivity index (χ1v) is 20.0. The van der Waals surface area contributed by atoms with Crippen LogP contribution < -0.4 is 0 Å². The van der Waals surface area contributed by atoms with Crippen molar-refractivity contribution in [2.45, 2.75) is 0 Å². The fourth-order valence-electron chi connectivity index (χ4n) is 9.95. The van der Waals surface area contributed by atoms with E-state index in [4.69, 9.17) is 0 Å². The van der Waals surface area contributed by atoms with Gasteiger partial charge in [0.15, 0.2) is 0 Å². The summed E-state index contributed by atoms with van der Waals surface area (Å²) in [6, 6.07) is 75.5. The van der Waals surface area contributed by atoms with Gasteiger partial charge in [-0.25, -0.2) is 0 Å². The molecule has 13 rings (SSSR count). The lowest BCUT2D eigenvalue weighted by Gasteiger charge is -2.14.